The van der Waals surface area contributed by atoms with Gasteiger partial charge < -0.3 is 10.6 Å². The molecule has 1 aliphatic heterocycles. The molecule has 0 unspecified atom stereocenters. The third-order valence-corrected chi connectivity index (χ3v) is 2.89. The van der Waals surface area contributed by atoms with E-state index in [4.69, 9.17) is 11.1 Å². The number of para-hydroxylation sites is 1. The lowest BCUT2D eigenvalue weighted by Gasteiger charge is -2.35. The smallest absolute Gasteiger partial charge is 0.105 e. The molecular weight excluding hydrogens is 200 g/mol. The van der Waals surface area contributed by atoms with Gasteiger partial charge in [-0.05, 0) is 12.1 Å². The van der Waals surface area contributed by atoms with Gasteiger partial charge in [-0.2, -0.15) is 0 Å². The third kappa shape index (κ3) is 2.73. The molecule has 0 atom stereocenters. The van der Waals surface area contributed by atoms with E-state index in [1.165, 1.54) is 5.69 Å². The second-order valence-corrected chi connectivity index (χ2v) is 4.12. The Morgan fingerprint density at radius 1 is 1.12 bits per heavy atom. The van der Waals surface area contributed by atoms with Crippen LogP contribution in [0.5, 0.6) is 0 Å². The molecule has 0 saturated carbocycles. The van der Waals surface area contributed by atoms with Gasteiger partial charge in [0.1, 0.15) is 5.84 Å². The number of amidine groups is 1. The van der Waals surface area contributed by atoms with Gasteiger partial charge in [0, 0.05) is 31.9 Å². The van der Waals surface area contributed by atoms with Crippen molar-refractivity contribution in [1.29, 1.82) is 5.41 Å². The zero-order valence-corrected chi connectivity index (χ0v) is 9.39. The Kier molecular flexibility index (Phi) is 3.41. The number of nitrogens with zero attached hydrogens (tertiary/aromatic N) is 2. The molecule has 0 aliphatic carbocycles. The Balaban J connectivity index is 1.88. The molecular formula is C12H18N4. The summed E-state index contributed by atoms with van der Waals surface area (Å²) < 4.78 is 0. The van der Waals surface area contributed by atoms with Gasteiger partial charge in [0.25, 0.3) is 0 Å². The molecule has 0 radical (unpaired) electrons. The second kappa shape index (κ2) is 4.99. The first-order valence-electron chi connectivity index (χ1n) is 5.61. The minimum absolute atomic E-state index is 0.258. The number of piperazine rings is 1. The molecule has 16 heavy (non-hydrogen) atoms. The maximum absolute atomic E-state index is 7.27. The fourth-order valence-electron chi connectivity index (χ4n) is 2.04. The van der Waals surface area contributed by atoms with E-state index in [9.17, 15) is 0 Å². The van der Waals surface area contributed by atoms with Crippen LogP contribution in [0.2, 0.25) is 0 Å². The lowest BCUT2D eigenvalue weighted by Crippen LogP contribution is -2.48. The first kappa shape index (κ1) is 11.0. The number of nitrogens with one attached hydrogen (secondary N) is 1. The summed E-state index contributed by atoms with van der Waals surface area (Å²) in [6, 6.07) is 10.4. The van der Waals surface area contributed by atoms with Crippen LogP contribution in [0.15, 0.2) is 30.3 Å². The van der Waals surface area contributed by atoms with Crippen molar-refractivity contribution in [3.05, 3.63) is 30.3 Å². The Labute approximate surface area is 96.2 Å². The zero-order chi connectivity index (χ0) is 11.4. The van der Waals surface area contributed by atoms with E-state index in [0.717, 1.165) is 26.2 Å². The highest BCUT2D eigenvalue weighted by molar-refractivity contribution is 5.78. The van der Waals surface area contributed by atoms with Gasteiger partial charge >= 0.3 is 0 Å². The standard InChI is InChI=1S/C12H18N4/c13-12(14)10-15-6-8-16(9-7-15)11-4-2-1-3-5-11/h1-5H,6-10H2,(H3,13,14). The SMILES string of the molecule is N=C(N)CN1CCN(c2ccccc2)CC1. The fraction of sp³-hybridized carbons (Fsp3) is 0.417. The number of hydrogen-bond donors (Lipinski definition) is 2. The van der Waals surface area contributed by atoms with E-state index < -0.39 is 0 Å². The number of benzene rings is 1. The average molecular weight is 218 g/mol. The molecule has 1 aromatic rings. The number of rotatable bonds is 3. The predicted octanol–water partition coefficient (Wildman–Crippen LogP) is 0.745. The largest absolute Gasteiger partial charge is 0.387 e. The molecule has 0 bridgehead atoms. The minimum atomic E-state index is 0.258. The van der Waals surface area contributed by atoms with Crippen molar-refractivity contribution in [2.45, 2.75) is 0 Å². The van der Waals surface area contributed by atoms with Crippen molar-refractivity contribution in [2.24, 2.45) is 5.73 Å². The van der Waals surface area contributed by atoms with Crippen molar-refractivity contribution >= 4 is 11.5 Å². The van der Waals surface area contributed by atoms with Crippen LogP contribution in [0.3, 0.4) is 0 Å². The average Bonchev–Trinajstić information content (AvgIpc) is 2.30. The summed E-state index contributed by atoms with van der Waals surface area (Å²) in [5.74, 6) is 0.258. The normalized spacial score (nSPS) is 17.4. The highest BCUT2D eigenvalue weighted by Gasteiger charge is 2.16. The van der Waals surface area contributed by atoms with Gasteiger partial charge in [-0.15, -0.1) is 0 Å². The van der Waals surface area contributed by atoms with Crippen molar-refractivity contribution in [1.82, 2.24) is 4.90 Å². The van der Waals surface area contributed by atoms with Crippen LogP contribution in [-0.4, -0.2) is 43.5 Å². The summed E-state index contributed by atoms with van der Waals surface area (Å²) in [7, 11) is 0. The van der Waals surface area contributed by atoms with Gasteiger partial charge in [0.2, 0.25) is 0 Å². The van der Waals surface area contributed by atoms with Crippen LogP contribution in [-0.2, 0) is 0 Å². The van der Waals surface area contributed by atoms with E-state index in [-0.39, 0.29) is 5.84 Å². The van der Waals surface area contributed by atoms with E-state index in [1.807, 2.05) is 6.07 Å². The van der Waals surface area contributed by atoms with Crippen LogP contribution in [0.4, 0.5) is 5.69 Å². The van der Waals surface area contributed by atoms with Gasteiger partial charge in [-0.3, -0.25) is 10.3 Å². The zero-order valence-electron chi connectivity index (χ0n) is 9.39. The molecule has 1 aliphatic rings. The van der Waals surface area contributed by atoms with Gasteiger partial charge in [-0.1, -0.05) is 18.2 Å². The molecule has 4 nitrogen and oxygen atoms in total. The monoisotopic (exact) mass is 218 g/mol. The summed E-state index contributed by atoms with van der Waals surface area (Å²) >= 11 is 0. The second-order valence-electron chi connectivity index (χ2n) is 4.12. The Morgan fingerprint density at radius 3 is 2.31 bits per heavy atom. The summed E-state index contributed by atoms with van der Waals surface area (Å²) in [5, 5.41) is 7.27. The fourth-order valence-corrected chi connectivity index (χ4v) is 2.04. The van der Waals surface area contributed by atoms with Crippen LogP contribution < -0.4 is 10.6 Å². The van der Waals surface area contributed by atoms with Gasteiger partial charge in [0.05, 0.1) is 6.54 Å². The molecule has 0 spiro atoms. The van der Waals surface area contributed by atoms with Crippen molar-refractivity contribution in [3.8, 4) is 0 Å². The molecule has 1 saturated heterocycles. The minimum Gasteiger partial charge on any atom is -0.387 e. The van der Waals surface area contributed by atoms with Crippen molar-refractivity contribution in [3.63, 3.8) is 0 Å². The van der Waals surface area contributed by atoms with Gasteiger partial charge in [-0.25, -0.2) is 0 Å². The molecule has 1 fully saturated rings. The van der Waals surface area contributed by atoms with Gasteiger partial charge in [0.15, 0.2) is 0 Å². The van der Waals surface area contributed by atoms with E-state index in [0.29, 0.717) is 6.54 Å². The Bertz CT molecular complexity index is 341. The Morgan fingerprint density at radius 2 is 1.75 bits per heavy atom. The highest BCUT2D eigenvalue weighted by atomic mass is 15.3. The number of hydrogen-bond acceptors (Lipinski definition) is 3. The first-order chi connectivity index (χ1) is 7.75. The van der Waals surface area contributed by atoms with E-state index >= 15 is 0 Å². The summed E-state index contributed by atoms with van der Waals surface area (Å²) in [5.41, 5.74) is 6.68. The lowest BCUT2D eigenvalue weighted by molar-refractivity contribution is 0.291. The third-order valence-electron chi connectivity index (χ3n) is 2.89. The molecule has 2 rings (SSSR count). The maximum Gasteiger partial charge on any atom is 0.105 e. The first-order valence-corrected chi connectivity index (χ1v) is 5.61. The highest BCUT2D eigenvalue weighted by Crippen LogP contribution is 2.15. The maximum atomic E-state index is 7.27. The van der Waals surface area contributed by atoms with Crippen LogP contribution in [0.25, 0.3) is 0 Å². The van der Waals surface area contributed by atoms with Crippen LogP contribution >= 0.6 is 0 Å². The molecule has 1 heterocycles. The predicted molar refractivity (Wildman–Crippen MR) is 67.0 cm³/mol. The van der Waals surface area contributed by atoms with E-state index in [2.05, 4.69) is 34.1 Å². The van der Waals surface area contributed by atoms with Crippen LogP contribution in [0.1, 0.15) is 0 Å². The molecule has 0 aromatic heterocycles. The molecule has 4 heteroatoms. The number of anilines is 1. The number of nitrogens with two attached hydrogens (primary N) is 1. The molecule has 0 amide bonds. The summed E-state index contributed by atoms with van der Waals surface area (Å²) in [6.45, 7) is 4.58. The molecule has 86 valence electrons. The lowest BCUT2D eigenvalue weighted by atomic mass is 10.2. The van der Waals surface area contributed by atoms with Crippen molar-refractivity contribution in [2.75, 3.05) is 37.6 Å². The quantitative estimate of drug-likeness (QED) is 0.581. The summed E-state index contributed by atoms with van der Waals surface area (Å²) in [6.07, 6.45) is 0. The van der Waals surface area contributed by atoms with Crippen LogP contribution in [0, 0.1) is 5.41 Å². The summed E-state index contributed by atoms with van der Waals surface area (Å²) in [4.78, 5) is 4.60. The molecule has 1 aromatic carbocycles. The van der Waals surface area contributed by atoms with Crippen molar-refractivity contribution < 1.29 is 0 Å². The molecule has 3 N–H and O–H groups in total. The van der Waals surface area contributed by atoms with E-state index in [1.54, 1.807) is 0 Å². The Hall–Kier alpha value is -1.55. The topological polar surface area (TPSA) is 56.4 Å².